The maximum absolute atomic E-state index is 11.7. The molecule has 0 saturated heterocycles. The number of hydrogen-bond acceptors (Lipinski definition) is 4. The quantitative estimate of drug-likeness (QED) is 0.876. The number of phenols is 1. The van der Waals surface area contributed by atoms with E-state index in [-0.39, 0.29) is 11.8 Å². The van der Waals surface area contributed by atoms with Crippen LogP contribution in [0.4, 0.5) is 0 Å². The Labute approximate surface area is 101 Å². The molecule has 0 aliphatic carbocycles. The Morgan fingerprint density at radius 1 is 1.41 bits per heavy atom. The molecule has 0 spiro atoms. The van der Waals surface area contributed by atoms with Crippen LogP contribution in [0.2, 0.25) is 0 Å². The summed E-state index contributed by atoms with van der Waals surface area (Å²) in [5.74, 6) is -0.408. The highest BCUT2D eigenvalue weighted by Crippen LogP contribution is 2.23. The number of hydrogen-bond donors (Lipinski definition) is 1. The lowest BCUT2D eigenvalue weighted by atomic mass is 10.1. The molecule has 1 atom stereocenters. The second-order valence-corrected chi connectivity index (χ2v) is 5.73. The second-order valence-electron chi connectivity index (χ2n) is 3.70. The van der Waals surface area contributed by atoms with Crippen LogP contribution in [0.3, 0.4) is 0 Å². The average molecular weight is 254 g/mol. The molecule has 6 heteroatoms. The molecule has 0 aliphatic heterocycles. The van der Waals surface area contributed by atoms with Gasteiger partial charge in [-0.1, -0.05) is 12.1 Å². The summed E-state index contributed by atoms with van der Waals surface area (Å²) < 4.78 is 24.5. The highest BCUT2D eigenvalue weighted by Gasteiger charge is 2.23. The van der Waals surface area contributed by atoms with Crippen molar-refractivity contribution in [3.8, 4) is 11.8 Å². The zero-order chi connectivity index (χ0) is 13.1. The first-order valence-electron chi connectivity index (χ1n) is 5.00. The summed E-state index contributed by atoms with van der Waals surface area (Å²) in [5, 5.41) is 17.6. The van der Waals surface area contributed by atoms with Crippen LogP contribution in [-0.2, 0) is 10.0 Å². The monoisotopic (exact) mass is 254 g/mol. The molecule has 5 nitrogen and oxygen atoms in total. The Kier molecular flexibility index (Phi) is 4.10. The lowest BCUT2D eigenvalue weighted by Gasteiger charge is -2.23. The van der Waals surface area contributed by atoms with Crippen molar-refractivity contribution in [2.45, 2.75) is 13.0 Å². The number of rotatable bonds is 4. The van der Waals surface area contributed by atoms with E-state index in [2.05, 4.69) is 0 Å². The van der Waals surface area contributed by atoms with Crippen LogP contribution >= 0.6 is 0 Å². The van der Waals surface area contributed by atoms with Crippen molar-refractivity contribution < 1.29 is 13.5 Å². The van der Waals surface area contributed by atoms with Crippen LogP contribution in [0, 0.1) is 11.3 Å². The molecule has 0 aromatic heterocycles. The third kappa shape index (κ3) is 3.19. The minimum absolute atomic E-state index is 0.128. The van der Waals surface area contributed by atoms with Gasteiger partial charge < -0.3 is 5.11 Å². The molecule has 1 aromatic rings. The first kappa shape index (κ1) is 13.5. The normalized spacial score (nSPS) is 13.3. The van der Waals surface area contributed by atoms with Gasteiger partial charge in [0.1, 0.15) is 5.75 Å². The first-order chi connectivity index (χ1) is 7.88. The third-order valence-corrected chi connectivity index (χ3v) is 4.29. The number of sulfonamides is 1. The van der Waals surface area contributed by atoms with Crippen molar-refractivity contribution in [2.75, 3.05) is 12.8 Å². The lowest BCUT2D eigenvalue weighted by molar-refractivity contribution is 0.400. The maximum Gasteiger partial charge on any atom is 0.227 e. The molecule has 0 heterocycles. The fourth-order valence-corrected chi connectivity index (χ4v) is 2.36. The summed E-state index contributed by atoms with van der Waals surface area (Å²) in [4.78, 5) is 0. The summed E-state index contributed by atoms with van der Waals surface area (Å²) in [6, 6.07) is 7.55. The van der Waals surface area contributed by atoms with E-state index in [0.717, 1.165) is 9.87 Å². The van der Waals surface area contributed by atoms with Gasteiger partial charge in [-0.25, -0.2) is 8.42 Å². The van der Waals surface area contributed by atoms with E-state index in [1.807, 2.05) is 0 Å². The van der Waals surface area contributed by atoms with Crippen molar-refractivity contribution in [1.29, 1.82) is 5.26 Å². The van der Waals surface area contributed by atoms with Gasteiger partial charge in [0.05, 0.1) is 6.07 Å². The van der Waals surface area contributed by atoms with Gasteiger partial charge in [-0.3, -0.25) is 0 Å². The zero-order valence-electron chi connectivity index (χ0n) is 9.66. The zero-order valence-corrected chi connectivity index (χ0v) is 10.5. The van der Waals surface area contributed by atoms with Crippen molar-refractivity contribution in [2.24, 2.45) is 0 Å². The van der Waals surface area contributed by atoms with Gasteiger partial charge in [0.15, 0.2) is 5.75 Å². The molecule has 1 N–H and O–H groups in total. The third-order valence-electron chi connectivity index (χ3n) is 2.61. The largest absolute Gasteiger partial charge is 0.508 e. The van der Waals surface area contributed by atoms with Crippen molar-refractivity contribution in [3.63, 3.8) is 0 Å². The van der Waals surface area contributed by atoms with Gasteiger partial charge in [-0.2, -0.15) is 9.57 Å². The van der Waals surface area contributed by atoms with Crippen molar-refractivity contribution >= 4 is 10.0 Å². The van der Waals surface area contributed by atoms with Crippen LogP contribution in [0.15, 0.2) is 24.3 Å². The number of nitriles is 1. The Morgan fingerprint density at radius 2 is 1.94 bits per heavy atom. The van der Waals surface area contributed by atoms with Crippen LogP contribution in [0.5, 0.6) is 5.75 Å². The van der Waals surface area contributed by atoms with Gasteiger partial charge in [-0.15, -0.1) is 0 Å². The molecule has 17 heavy (non-hydrogen) atoms. The summed E-state index contributed by atoms with van der Waals surface area (Å²) in [5.41, 5.74) is 0.756. The molecular weight excluding hydrogens is 240 g/mol. The second kappa shape index (κ2) is 5.17. The highest BCUT2D eigenvalue weighted by atomic mass is 32.2. The Balaban J connectivity index is 2.95. The van der Waals surface area contributed by atoms with Crippen LogP contribution in [0.1, 0.15) is 18.5 Å². The molecular formula is C11H14N2O3S. The lowest BCUT2D eigenvalue weighted by Crippen LogP contribution is -2.31. The first-order valence-corrected chi connectivity index (χ1v) is 6.61. The van der Waals surface area contributed by atoms with Gasteiger partial charge in [-0.05, 0) is 24.6 Å². The van der Waals surface area contributed by atoms with E-state index in [0.29, 0.717) is 0 Å². The number of benzene rings is 1. The SMILES string of the molecule is CC(c1ccc(O)cc1)N(C)S(=O)(=O)CC#N. The topological polar surface area (TPSA) is 81.4 Å². The van der Waals surface area contributed by atoms with Crippen LogP contribution < -0.4 is 0 Å². The predicted octanol–water partition coefficient (Wildman–Crippen LogP) is 1.24. The standard InChI is InChI=1S/C11H14N2O3S/c1-9(10-3-5-11(14)6-4-10)13(2)17(15,16)8-7-12/h3-6,9,14H,8H2,1-2H3. The smallest absolute Gasteiger partial charge is 0.227 e. The van der Waals surface area contributed by atoms with Gasteiger partial charge in [0, 0.05) is 13.1 Å². The Hall–Kier alpha value is -1.58. The Morgan fingerprint density at radius 3 is 2.41 bits per heavy atom. The maximum atomic E-state index is 11.7. The average Bonchev–Trinajstić information content (AvgIpc) is 2.28. The summed E-state index contributed by atoms with van der Waals surface area (Å²) in [7, 11) is -2.12. The predicted molar refractivity (Wildman–Crippen MR) is 63.7 cm³/mol. The van der Waals surface area contributed by atoms with Crippen LogP contribution in [0.25, 0.3) is 0 Å². The molecule has 0 radical (unpaired) electrons. The molecule has 1 aromatic carbocycles. The van der Waals surface area contributed by atoms with Crippen molar-refractivity contribution in [3.05, 3.63) is 29.8 Å². The van der Waals surface area contributed by atoms with Crippen LogP contribution in [-0.4, -0.2) is 30.6 Å². The van der Waals surface area contributed by atoms with E-state index >= 15 is 0 Å². The molecule has 1 rings (SSSR count). The van der Waals surface area contributed by atoms with Gasteiger partial charge >= 0.3 is 0 Å². The number of phenolic OH excluding ortho intramolecular Hbond substituents is 1. The van der Waals surface area contributed by atoms with E-state index in [1.165, 1.54) is 19.2 Å². The van der Waals surface area contributed by atoms with Gasteiger partial charge in [0.25, 0.3) is 0 Å². The fraction of sp³-hybridized carbons (Fsp3) is 0.364. The molecule has 0 aliphatic rings. The Bertz CT molecular complexity index is 517. The molecule has 0 amide bonds. The minimum atomic E-state index is -3.56. The van der Waals surface area contributed by atoms with E-state index in [4.69, 9.17) is 10.4 Å². The molecule has 92 valence electrons. The summed E-state index contributed by atoms with van der Waals surface area (Å²) >= 11 is 0. The summed E-state index contributed by atoms with van der Waals surface area (Å²) in [6.07, 6.45) is 0. The molecule has 0 saturated carbocycles. The van der Waals surface area contributed by atoms with Gasteiger partial charge in [0.2, 0.25) is 10.0 Å². The fourth-order valence-electron chi connectivity index (χ4n) is 1.39. The number of aromatic hydroxyl groups is 1. The van der Waals surface area contributed by atoms with Crippen molar-refractivity contribution in [1.82, 2.24) is 4.31 Å². The number of nitrogens with zero attached hydrogens (tertiary/aromatic N) is 2. The molecule has 0 fully saturated rings. The molecule has 0 bridgehead atoms. The highest BCUT2D eigenvalue weighted by molar-refractivity contribution is 7.89. The van der Waals surface area contributed by atoms with E-state index in [1.54, 1.807) is 25.1 Å². The molecule has 1 unspecified atom stereocenters. The van der Waals surface area contributed by atoms with E-state index in [9.17, 15) is 8.42 Å². The minimum Gasteiger partial charge on any atom is -0.508 e. The summed E-state index contributed by atoms with van der Waals surface area (Å²) in [6.45, 7) is 1.72. The van der Waals surface area contributed by atoms with E-state index < -0.39 is 15.8 Å².